The molecule has 0 bridgehead atoms. The number of anilines is 1. The largest absolute Gasteiger partial charge is 0.353 e. The summed E-state index contributed by atoms with van der Waals surface area (Å²) in [5, 5.41) is 5.69. The van der Waals surface area contributed by atoms with E-state index in [9.17, 15) is 4.79 Å². The molecule has 3 aromatic heterocycles. The van der Waals surface area contributed by atoms with Gasteiger partial charge in [0.15, 0.2) is 0 Å². The molecule has 0 unspecified atom stereocenters. The van der Waals surface area contributed by atoms with Gasteiger partial charge in [0.1, 0.15) is 5.82 Å². The van der Waals surface area contributed by atoms with E-state index in [-0.39, 0.29) is 5.91 Å². The third-order valence-electron chi connectivity index (χ3n) is 5.49. The molecule has 6 heteroatoms. The summed E-state index contributed by atoms with van der Waals surface area (Å²) < 4.78 is 0. The lowest BCUT2D eigenvalue weighted by atomic mass is 10.0. The van der Waals surface area contributed by atoms with Crippen LogP contribution in [0.15, 0.2) is 79.0 Å². The first kappa shape index (κ1) is 20.2. The highest BCUT2D eigenvalue weighted by atomic mass is 35.5. The number of aromatic nitrogens is 3. The van der Waals surface area contributed by atoms with Crippen molar-refractivity contribution < 1.29 is 4.79 Å². The number of pyridine rings is 2. The Hall–Kier alpha value is -3.70. The Labute approximate surface area is 190 Å². The zero-order chi connectivity index (χ0) is 21.9. The van der Waals surface area contributed by atoms with Crippen LogP contribution in [0.5, 0.6) is 0 Å². The van der Waals surface area contributed by atoms with Crippen molar-refractivity contribution in [3.63, 3.8) is 0 Å². The first-order valence-electron chi connectivity index (χ1n) is 10.5. The molecule has 5 nitrogen and oxygen atoms in total. The molecule has 0 atom stereocenters. The van der Waals surface area contributed by atoms with E-state index >= 15 is 0 Å². The number of para-hydroxylation sites is 1. The highest BCUT2D eigenvalue weighted by Gasteiger charge is 2.16. The van der Waals surface area contributed by atoms with E-state index in [1.54, 1.807) is 12.3 Å². The Bertz CT molecular complexity index is 1410. The minimum atomic E-state index is -0.0491. The number of hydrogen-bond donors (Lipinski definition) is 2. The van der Waals surface area contributed by atoms with Gasteiger partial charge >= 0.3 is 0 Å². The van der Waals surface area contributed by atoms with Gasteiger partial charge in [-0.2, -0.15) is 0 Å². The lowest BCUT2D eigenvalue weighted by Gasteiger charge is -2.07. The van der Waals surface area contributed by atoms with E-state index in [2.05, 4.69) is 27.4 Å². The van der Waals surface area contributed by atoms with Crippen molar-refractivity contribution in [2.24, 2.45) is 0 Å². The maximum atomic E-state index is 12.4. The fourth-order valence-corrected chi connectivity index (χ4v) is 4.14. The quantitative estimate of drug-likeness (QED) is 0.321. The van der Waals surface area contributed by atoms with Gasteiger partial charge in [0.2, 0.25) is 5.91 Å². The molecule has 1 amide bonds. The average molecular weight is 441 g/mol. The molecule has 0 spiro atoms. The molecule has 0 radical (unpaired) electrons. The molecule has 158 valence electrons. The number of hydrogen-bond acceptors (Lipinski definition) is 3. The highest BCUT2D eigenvalue weighted by molar-refractivity contribution is 6.31. The Kier molecular flexibility index (Phi) is 5.57. The zero-order valence-electron chi connectivity index (χ0n) is 17.3. The summed E-state index contributed by atoms with van der Waals surface area (Å²) in [7, 11) is 0. The van der Waals surface area contributed by atoms with Crippen LogP contribution in [-0.4, -0.2) is 20.9 Å². The van der Waals surface area contributed by atoms with Gasteiger partial charge in [-0.05, 0) is 60.9 Å². The van der Waals surface area contributed by atoms with Crippen molar-refractivity contribution in [2.75, 3.05) is 5.32 Å². The van der Waals surface area contributed by atoms with Gasteiger partial charge < -0.3 is 10.3 Å². The number of rotatable bonds is 6. The Morgan fingerprint density at radius 2 is 1.88 bits per heavy atom. The van der Waals surface area contributed by atoms with Crippen molar-refractivity contribution in [1.29, 1.82) is 0 Å². The first-order valence-corrected chi connectivity index (χ1v) is 10.9. The van der Waals surface area contributed by atoms with Gasteiger partial charge in [0, 0.05) is 33.9 Å². The van der Waals surface area contributed by atoms with Gasteiger partial charge in [-0.1, -0.05) is 41.9 Å². The van der Waals surface area contributed by atoms with Gasteiger partial charge in [-0.3, -0.25) is 4.79 Å². The van der Waals surface area contributed by atoms with Crippen molar-refractivity contribution in [1.82, 2.24) is 15.0 Å². The highest BCUT2D eigenvalue weighted by Crippen LogP contribution is 2.33. The molecule has 0 saturated heterocycles. The number of nitrogens with one attached hydrogen (secondary N) is 2. The second kappa shape index (κ2) is 8.81. The zero-order valence-corrected chi connectivity index (χ0v) is 18.1. The van der Waals surface area contributed by atoms with Gasteiger partial charge in [0.05, 0.1) is 16.9 Å². The number of fused-ring (bicyclic) bond motifs is 2. The van der Waals surface area contributed by atoms with Crippen molar-refractivity contribution in [3.05, 3.63) is 89.6 Å². The summed E-state index contributed by atoms with van der Waals surface area (Å²) in [6.07, 6.45) is 3.47. The van der Waals surface area contributed by atoms with E-state index in [0.717, 1.165) is 45.2 Å². The summed E-state index contributed by atoms with van der Waals surface area (Å²) >= 11 is 6.30. The van der Waals surface area contributed by atoms with Crippen LogP contribution in [0.3, 0.4) is 0 Å². The maximum Gasteiger partial charge on any atom is 0.225 e. The van der Waals surface area contributed by atoms with Crippen LogP contribution in [0.25, 0.3) is 33.2 Å². The molecular weight excluding hydrogens is 420 g/mol. The molecule has 0 saturated carbocycles. The van der Waals surface area contributed by atoms with Crippen LogP contribution in [0.2, 0.25) is 5.02 Å². The first-order chi connectivity index (χ1) is 15.7. The summed E-state index contributed by atoms with van der Waals surface area (Å²) in [6, 6.07) is 23.5. The number of halogens is 1. The summed E-state index contributed by atoms with van der Waals surface area (Å²) in [6.45, 7) is 0. The molecular formula is C26H21ClN4O. The molecule has 0 aliphatic heterocycles. The van der Waals surface area contributed by atoms with Crippen LogP contribution >= 0.6 is 11.6 Å². The van der Waals surface area contributed by atoms with Crippen molar-refractivity contribution in [3.8, 4) is 11.4 Å². The molecule has 2 N–H and O–H groups in total. The van der Waals surface area contributed by atoms with E-state index < -0.39 is 0 Å². The minimum absolute atomic E-state index is 0.0491. The predicted molar refractivity (Wildman–Crippen MR) is 130 cm³/mol. The van der Waals surface area contributed by atoms with Gasteiger partial charge in [-0.15, -0.1) is 0 Å². The molecule has 0 aliphatic carbocycles. The third kappa shape index (κ3) is 4.20. The monoisotopic (exact) mass is 440 g/mol. The fraction of sp³-hybridized carbons (Fsp3) is 0.115. The number of amides is 1. The topological polar surface area (TPSA) is 70.7 Å². The smallest absolute Gasteiger partial charge is 0.225 e. The van der Waals surface area contributed by atoms with Crippen LogP contribution in [-0.2, 0) is 11.2 Å². The normalized spacial score (nSPS) is 11.2. The minimum Gasteiger partial charge on any atom is -0.353 e. The molecule has 2 aromatic carbocycles. The van der Waals surface area contributed by atoms with Crippen LogP contribution in [0.1, 0.15) is 18.4 Å². The van der Waals surface area contributed by atoms with E-state index in [1.807, 2.05) is 54.6 Å². The lowest BCUT2D eigenvalue weighted by molar-refractivity contribution is -0.116. The molecule has 0 fully saturated rings. The standard InChI is InChI=1S/C26H21ClN4O/c27-18-12-14-22-20(16-18)19(7-5-10-25(32)31-24-9-3-4-15-28-24)26(30-22)23-13-11-17-6-1-2-8-21(17)29-23/h1-4,6,8-9,11-16,30H,5,7,10H2,(H,28,31,32). The molecule has 5 rings (SSSR count). The number of carbonyl (C=O) groups excluding carboxylic acids is 1. The van der Waals surface area contributed by atoms with E-state index in [4.69, 9.17) is 16.6 Å². The summed E-state index contributed by atoms with van der Waals surface area (Å²) in [5.74, 6) is 0.518. The van der Waals surface area contributed by atoms with Gasteiger partial charge in [0.25, 0.3) is 0 Å². The van der Waals surface area contributed by atoms with E-state index in [1.165, 1.54) is 0 Å². The Morgan fingerprint density at radius 1 is 1.00 bits per heavy atom. The Morgan fingerprint density at radius 3 is 2.75 bits per heavy atom. The second-order valence-electron chi connectivity index (χ2n) is 7.67. The van der Waals surface area contributed by atoms with Crippen molar-refractivity contribution in [2.45, 2.75) is 19.3 Å². The number of aryl methyl sites for hydroxylation is 1. The van der Waals surface area contributed by atoms with Crippen LogP contribution in [0.4, 0.5) is 5.82 Å². The predicted octanol–water partition coefficient (Wildman–Crippen LogP) is 6.39. The van der Waals surface area contributed by atoms with Crippen LogP contribution in [0, 0.1) is 0 Å². The lowest BCUT2D eigenvalue weighted by Crippen LogP contribution is -2.12. The number of carbonyl (C=O) groups is 1. The van der Waals surface area contributed by atoms with Gasteiger partial charge in [-0.25, -0.2) is 9.97 Å². The second-order valence-corrected chi connectivity index (χ2v) is 8.11. The SMILES string of the molecule is O=C(CCCc1c(-c2ccc3ccccc3n2)[nH]c2ccc(Cl)cc12)Nc1ccccn1. The van der Waals surface area contributed by atoms with Crippen molar-refractivity contribution >= 4 is 45.1 Å². The maximum absolute atomic E-state index is 12.4. The number of H-pyrrole nitrogens is 1. The number of benzene rings is 2. The number of nitrogens with zero attached hydrogens (tertiary/aromatic N) is 2. The molecule has 0 aliphatic rings. The Balaban J connectivity index is 1.43. The van der Waals surface area contributed by atoms with E-state index in [0.29, 0.717) is 23.7 Å². The third-order valence-corrected chi connectivity index (χ3v) is 5.72. The van der Waals surface area contributed by atoms with Crippen LogP contribution < -0.4 is 5.32 Å². The molecule has 32 heavy (non-hydrogen) atoms. The summed E-state index contributed by atoms with van der Waals surface area (Å²) in [5.41, 5.74) is 4.92. The summed E-state index contributed by atoms with van der Waals surface area (Å²) in [4.78, 5) is 24.9. The molecule has 5 aromatic rings. The molecule has 3 heterocycles. The average Bonchev–Trinajstić information content (AvgIpc) is 3.17. The fourth-order valence-electron chi connectivity index (χ4n) is 3.97. The number of aromatic amines is 1.